The average Bonchev–Trinajstić information content (AvgIpc) is 3.44. The largest absolute Gasteiger partial charge is 0.497 e. The van der Waals surface area contributed by atoms with E-state index in [0.717, 1.165) is 43.5 Å². The Morgan fingerprint density at radius 3 is 2.25 bits per heavy atom. The zero-order valence-electron chi connectivity index (χ0n) is 35.7. The standard InChI is InChI=1S/C43H58ClF3N8O8/c1-60-33-2-3-36-30(27-33)4-13-55(41(58)49-36)32-7-11-54(12-8-32)42(59)63-37(26-29-24-34(43(45,46)47)39(48)35(44)25-29)40(57)53-9-5-31(6-10-53)52-16-14-51(15-17-52)28-38(56)62-23-20-50-18-21-61-22-19-50/h2-3,24-25,27,31-32,37H,4-23,26,28,48H2,1H3,(H,49,58)/t37-/m1/s1. The van der Waals surface area contributed by atoms with E-state index >= 15 is 0 Å². The number of ether oxygens (including phenoxy) is 4. The lowest BCUT2D eigenvalue weighted by molar-refractivity contribution is -0.146. The minimum absolute atomic E-state index is 0.0471. The van der Waals surface area contributed by atoms with Crippen LogP contribution in [0, 0.1) is 0 Å². The lowest BCUT2D eigenvalue weighted by Gasteiger charge is -2.43. The monoisotopic (exact) mass is 906 g/mol. The van der Waals surface area contributed by atoms with Crippen LogP contribution >= 0.6 is 11.6 Å². The minimum atomic E-state index is -4.80. The summed E-state index contributed by atoms with van der Waals surface area (Å²) in [5, 5.41) is 2.67. The molecule has 4 amide bonds. The molecule has 5 aliphatic heterocycles. The molecule has 0 aromatic heterocycles. The number of alkyl halides is 3. The number of carbonyl (C=O) groups excluding carboxylic acids is 4. The summed E-state index contributed by atoms with van der Waals surface area (Å²) in [6.45, 7) is 8.92. The molecule has 5 heterocycles. The number of nitrogens with two attached hydrogens (primary N) is 1. The third-order valence-electron chi connectivity index (χ3n) is 12.9. The first kappa shape index (κ1) is 46.4. The molecule has 0 aliphatic carbocycles. The van der Waals surface area contributed by atoms with E-state index in [2.05, 4.69) is 20.0 Å². The number of halogens is 4. The Balaban J connectivity index is 0.927. The highest BCUT2D eigenvalue weighted by Crippen LogP contribution is 2.38. The molecule has 4 fully saturated rings. The number of nitrogen functional groups attached to an aromatic ring is 1. The van der Waals surface area contributed by atoms with Gasteiger partial charge in [0.25, 0.3) is 5.91 Å². The molecule has 0 radical (unpaired) electrons. The van der Waals surface area contributed by atoms with Crippen molar-refractivity contribution in [3.63, 3.8) is 0 Å². The van der Waals surface area contributed by atoms with Gasteiger partial charge >= 0.3 is 24.3 Å². The number of benzene rings is 2. The first-order valence-corrected chi connectivity index (χ1v) is 22.2. The van der Waals surface area contributed by atoms with Crippen molar-refractivity contribution in [3.05, 3.63) is 52.0 Å². The van der Waals surface area contributed by atoms with Crippen LogP contribution in [0.2, 0.25) is 5.02 Å². The second-order valence-corrected chi connectivity index (χ2v) is 17.2. The Bertz CT molecular complexity index is 1930. The Labute approximate surface area is 370 Å². The Morgan fingerprint density at radius 2 is 1.57 bits per heavy atom. The molecule has 7 rings (SSSR count). The smallest absolute Gasteiger partial charge is 0.418 e. The summed E-state index contributed by atoms with van der Waals surface area (Å²) in [6, 6.07) is 7.42. The van der Waals surface area contributed by atoms with Gasteiger partial charge in [-0.3, -0.25) is 24.3 Å². The number of likely N-dealkylation sites (tertiary alicyclic amines) is 2. The lowest BCUT2D eigenvalue weighted by Crippen LogP contribution is -2.55. The highest BCUT2D eigenvalue weighted by molar-refractivity contribution is 6.33. The van der Waals surface area contributed by atoms with Crippen molar-refractivity contribution in [2.24, 2.45) is 0 Å². The van der Waals surface area contributed by atoms with Crippen molar-refractivity contribution in [3.8, 4) is 5.75 Å². The summed E-state index contributed by atoms with van der Waals surface area (Å²) >= 11 is 6.16. The van der Waals surface area contributed by atoms with E-state index in [4.69, 9.17) is 36.3 Å². The van der Waals surface area contributed by atoms with E-state index in [1.54, 1.807) is 23.0 Å². The minimum Gasteiger partial charge on any atom is -0.497 e. The molecule has 2 aromatic rings. The summed E-state index contributed by atoms with van der Waals surface area (Å²) in [5.74, 6) is -0.0508. The third kappa shape index (κ3) is 12.0. The molecule has 0 bridgehead atoms. The number of hydrogen-bond donors (Lipinski definition) is 2. The Kier molecular flexibility index (Phi) is 15.4. The molecule has 3 N–H and O–H groups in total. The zero-order valence-corrected chi connectivity index (χ0v) is 36.5. The molecule has 0 unspecified atom stereocenters. The summed E-state index contributed by atoms with van der Waals surface area (Å²) in [5.41, 5.74) is 5.67. The van der Waals surface area contributed by atoms with E-state index in [9.17, 15) is 32.3 Å². The number of methoxy groups -OCH3 is 1. The molecule has 5 aliphatic rings. The zero-order chi connectivity index (χ0) is 44.7. The van der Waals surface area contributed by atoms with Gasteiger partial charge in [-0.2, -0.15) is 13.2 Å². The van der Waals surface area contributed by atoms with E-state index in [-0.39, 0.29) is 60.7 Å². The van der Waals surface area contributed by atoms with E-state index in [1.807, 2.05) is 12.1 Å². The fourth-order valence-corrected chi connectivity index (χ4v) is 9.41. The second kappa shape index (κ2) is 21.0. The van der Waals surface area contributed by atoms with Gasteiger partial charge in [-0.1, -0.05) is 11.6 Å². The second-order valence-electron chi connectivity index (χ2n) is 16.8. The first-order chi connectivity index (χ1) is 30.2. The van der Waals surface area contributed by atoms with Gasteiger partial charge in [0.2, 0.25) is 0 Å². The van der Waals surface area contributed by atoms with Crippen molar-refractivity contribution in [1.82, 2.24) is 29.4 Å². The number of piperidine rings is 2. The normalized spacial score (nSPS) is 20.7. The fraction of sp³-hybridized carbons (Fsp3) is 0.628. The van der Waals surface area contributed by atoms with Crippen LogP contribution in [0.3, 0.4) is 0 Å². The van der Waals surface area contributed by atoms with E-state index in [1.165, 1.54) is 11.0 Å². The summed E-state index contributed by atoms with van der Waals surface area (Å²) in [4.78, 5) is 65.3. The summed E-state index contributed by atoms with van der Waals surface area (Å²) in [7, 11) is 1.59. The van der Waals surface area contributed by atoms with Crippen LogP contribution < -0.4 is 15.8 Å². The molecule has 346 valence electrons. The van der Waals surface area contributed by atoms with Crippen LogP contribution in [0.1, 0.15) is 42.4 Å². The molecule has 20 heteroatoms. The Morgan fingerprint density at radius 1 is 0.889 bits per heavy atom. The average molecular weight is 907 g/mol. The van der Waals surface area contributed by atoms with Crippen molar-refractivity contribution < 1.29 is 51.3 Å². The molecule has 16 nitrogen and oxygen atoms in total. The fourth-order valence-electron chi connectivity index (χ4n) is 9.16. The number of anilines is 2. The van der Waals surface area contributed by atoms with Crippen molar-refractivity contribution in [2.75, 3.05) is 123 Å². The number of nitrogens with zero attached hydrogens (tertiary/aromatic N) is 6. The van der Waals surface area contributed by atoms with Gasteiger partial charge in [0.1, 0.15) is 12.4 Å². The highest BCUT2D eigenvalue weighted by atomic mass is 35.5. The number of esters is 1. The molecule has 2 aromatic carbocycles. The molecular formula is C43H58ClF3N8O8. The van der Waals surface area contributed by atoms with Crippen LogP contribution in [0.15, 0.2) is 30.3 Å². The van der Waals surface area contributed by atoms with Gasteiger partial charge in [-0.05, 0) is 73.6 Å². The van der Waals surface area contributed by atoms with Crippen molar-refractivity contribution in [1.29, 1.82) is 0 Å². The number of amides is 4. The number of hydrogen-bond acceptors (Lipinski definition) is 12. The maximum absolute atomic E-state index is 14.2. The van der Waals surface area contributed by atoms with Gasteiger partial charge in [0.15, 0.2) is 6.10 Å². The number of rotatable bonds is 12. The molecule has 0 spiro atoms. The van der Waals surface area contributed by atoms with Gasteiger partial charge in [-0.25, -0.2) is 9.59 Å². The highest BCUT2D eigenvalue weighted by Gasteiger charge is 2.39. The van der Waals surface area contributed by atoms with Crippen LogP contribution in [-0.2, 0) is 42.8 Å². The molecule has 1 atom stereocenters. The number of fused-ring (bicyclic) bond motifs is 1. The summed E-state index contributed by atoms with van der Waals surface area (Å²) in [6.07, 6.45) is -4.50. The molecule has 0 saturated carbocycles. The maximum Gasteiger partial charge on any atom is 0.418 e. The van der Waals surface area contributed by atoms with Gasteiger partial charge in [0, 0.05) is 103 Å². The number of piperazine rings is 1. The van der Waals surface area contributed by atoms with Crippen LogP contribution in [0.25, 0.3) is 0 Å². The predicted molar refractivity (Wildman–Crippen MR) is 228 cm³/mol. The Hall–Kier alpha value is -4.56. The van der Waals surface area contributed by atoms with Crippen LogP contribution in [-0.4, -0.2) is 184 Å². The maximum atomic E-state index is 14.2. The molecule has 63 heavy (non-hydrogen) atoms. The summed E-state index contributed by atoms with van der Waals surface area (Å²) < 4.78 is 64.0. The van der Waals surface area contributed by atoms with Crippen molar-refractivity contribution >= 4 is 47.0 Å². The van der Waals surface area contributed by atoms with Gasteiger partial charge < -0.3 is 44.7 Å². The topological polar surface area (TPSA) is 163 Å². The third-order valence-corrected chi connectivity index (χ3v) is 13.2. The van der Waals surface area contributed by atoms with Crippen LogP contribution in [0.4, 0.5) is 34.1 Å². The first-order valence-electron chi connectivity index (χ1n) is 21.8. The van der Waals surface area contributed by atoms with Crippen LogP contribution in [0.5, 0.6) is 5.75 Å². The quantitative estimate of drug-likeness (QED) is 0.233. The van der Waals surface area contributed by atoms with E-state index < -0.39 is 35.5 Å². The lowest BCUT2D eigenvalue weighted by atomic mass is 9.99. The van der Waals surface area contributed by atoms with E-state index in [0.29, 0.717) is 96.9 Å². The van der Waals surface area contributed by atoms with Gasteiger partial charge in [0.05, 0.1) is 43.1 Å². The van der Waals surface area contributed by atoms with Gasteiger partial charge in [-0.15, -0.1) is 0 Å². The molecular weight excluding hydrogens is 849 g/mol. The number of carbonyl (C=O) groups is 4. The predicted octanol–water partition coefficient (Wildman–Crippen LogP) is 4.04. The number of nitrogens with one attached hydrogen (secondary N) is 1. The number of urea groups is 1. The van der Waals surface area contributed by atoms with Crippen molar-refractivity contribution in [2.45, 2.75) is 62.9 Å². The SMILES string of the molecule is COc1ccc2c(c1)CCN(C1CCN(C(=O)O[C@H](Cc3cc(Cl)c(N)c(C(F)(F)F)c3)C(=O)N3CCC(N4CCN(CC(=O)OCCN5CCOCC5)CC4)CC3)CC1)C(=O)N2. The number of morpholine rings is 1. The molecule has 4 saturated heterocycles.